The summed E-state index contributed by atoms with van der Waals surface area (Å²) in [6.45, 7) is 7.36. The molecule has 0 fully saturated rings. The number of carbonyl (C=O) groups is 1. The van der Waals surface area contributed by atoms with Gasteiger partial charge in [0, 0.05) is 11.5 Å². The van der Waals surface area contributed by atoms with Crippen LogP contribution in [0.25, 0.3) is 22.1 Å². The number of aryl methyl sites for hydroxylation is 1. The van der Waals surface area contributed by atoms with Crippen molar-refractivity contribution in [2.24, 2.45) is 5.92 Å². The van der Waals surface area contributed by atoms with Crippen molar-refractivity contribution < 1.29 is 18.7 Å². The molecule has 5 heteroatoms. The highest BCUT2D eigenvalue weighted by Crippen LogP contribution is 2.25. The van der Waals surface area contributed by atoms with Gasteiger partial charge in [0.05, 0.1) is 24.7 Å². The third kappa shape index (κ3) is 11.4. The van der Waals surface area contributed by atoms with Crippen molar-refractivity contribution in [1.29, 1.82) is 0 Å². The number of carbonyl (C=O) groups excluding carboxylic acids is 1. The summed E-state index contributed by atoms with van der Waals surface area (Å²) in [7, 11) is 0. The standard InChI is InChI=1S/C36H50O5/c1-4-6-14-17-29-18-20-30(21-19-29)33-26-31-22-23-32(27-34(31)41-36(33)38)39-24-15-12-10-8-7-9-11-13-16-25-40-35(37)28(3)5-2/h18-23,26-28H,4-17,24-25H2,1-3H3. The van der Waals surface area contributed by atoms with Crippen LogP contribution in [0.4, 0.5) is 0 Å². The lowest BCUT2D eigenvalue weighted by atomic mass is 10.0. The Morgan fingerprint density at radius 1 is 0.780 bits per heavy atom. The monoisotopic (exact) mass is 562 g/mol. The van der Waals surface area contributed by atoms with Crippen LogP contribution in [0.2, 0.25) is 0 Å². The molecule has 0 aliphatic carbocycles. The van der Waals surface area contributed by atoms with Gasteiger partial charge >= 0.3 is 11.6 Å². The van der Waals surface area contributed by atoms with E-state index in [0.29, 0.717) is 24.4 Å². The van der Waals surface area contributed by atoms with E-state index in [9.17, 15) is 9.59 Å². The summed E-state index contributed by atoms with van der Waals surface area (Å²) in [5.74, 6) is 0.685. The van der Waals surface area contributed by atoms with Gasteiger partial charge < -0.3 is 13.9 Å². The fourth-order valence-corrected chi connectivity index (χ4v) is 4.93. The van der Waals surface area contributed by atoms with Crippen molar-refractivity contribution in [2.75, 3.05) is 13.2 Å². The lowest BCUT2D eigenvalue weighted by Crippen LogP contribution is -2.14. The van der Waals surface area contributed by atoms with E-state index >= 15 is 0 Å². The number of esters is 1. The first kappa shape index (κ1) is 32.4. The van der Waals surface area contributed by atoms with Crippen molar-refractivity contribution in [2.45, 2.75) is 111 Å². The van der Waals surface area contributed by atoms with E-state index < -0.39 is 0 Å². The predicted molar refractivity (Wildman–Crippen MR) is 169 cm³/mol. The van der Waals surface area contributed by atoms with Crippen molar-refractivity contribution >= 4 is 16.9 Å². The van der Waals surface area contributed by atoms with Gasteiger partial charge in [0.2, 0.25) is 0 Å². The highest BCUT2D eigenvalue weighted by Gasteiger charge is 2.11. The average molecular weight is 563 g/mol. The van der Waals surface area contributed by atoms with Crippen LogP contribution in [0, 0.1) is 5.92 Å². The predicted octanol–water partition coefficient (Wildman–Crippen LogP) is 9.67. The smallest absolute Gasteiger partial charge is 0.344 e. The Hall–Kier alpha value is -3.08. The second kappa shape index (κ2) is 18.4. The van der Waals surface area contributed by atoms with Crippen LogP contribution in [0.5, 0.6) is 5.75 Å². The zero-order valence-electron chi connectivity index (χ0n) is 25.6. The number of fused-ring (bicyclic) bond motifs is 1. The number of hydrogen-bond donors (Lipinski definition) is 0. The zero-order valence-corrected chi connectivity index (χ0v) is 25.6. The van der Waals surface area contributed by atoms with Crippen molar-refractivity contribution in [3.63, 3.8) is 0 Å². The van der Waals surface area contributed by atoms with Gasteiger partial charge in [-0.3, -0.25) is 4.79 Å². The number of benzene rings is 2. The molecule has 0 bridgehead atoms. The highest BCUT2D eigenvalue weighted by molar-refractivity contribution is 5.82. The first-order chi connectivity index (χ1) is 20.0. The summed E-state index contributed by atoms with van der Waals surface area (Å²) >= 11 is 0. The van der Waals surface area contributed by atoms with Gasteiger partial charge in [-0.2, -0.15) is 0 Å². The first-order valence-electron chi connectivity index (χ1n) is 16.0. The minimum atomic E-state index is -0.321. The van der Waals surface area contributed by atoms with E-state index in [4.69, 9.17) is 13.9 Å². The Bertz CT molecular complexity index is 1230. The second-order valence-electron chi connectivity index (χ2n) is 11.3. The summed E-state index contributed by atoms with van der Waals surface area (Å²) in [6.07, 6.45) is 16.0. The number of hydrogen-bond acceptors (Lipinski definition) is 5. The quantitative estimate of drug-likeness (QED) is 0.0779. The molecule has 224 valence electrons. The number of rotatable bonds is 20. The number of ether oxygens (including phenoxy) is 2. The lowest BCUT2D eigenvalue weighted by molar-refractivity contribution is -0.148. The molecule has 0 saturated heterocycles. The molecular weight excluding hydrogens is 512 g/mol. The number of unbranched alkanes of at least 4 members (excludes halogenated alkanes) is 10. The zero-order chi connectivity index (χ0) is 29.3. The van der Waals surface area contributed by atoms with Crippen LogP contribution in [0.3, 0.4) is 0 Å². The molecule has 41 heavy (non-hydrogen) atoms. The maximum absolute atomic E-state index is 12.7. The van der Waals surface area contributed by atoms with Crippen LogP contribution in [0.1, 0.15) is 110 Å². The largest absolute Gasteiger partial charge is 0.493 e. The molecule has 5 nitrogen and oxygen atoms in total. The minimum absolute atomic E-state index is 0.0121. The normalized spacial score (nSPS) is 12.0. The van der Waals surface area contributed by atoms with Gasteiger partial charge in [-0.15, -0.1) is 0 Å². The van der Waals surface area contributed by atoms with Gasteiger partial charge in [-0.05, 0) is 61.4 Å². The van der Waals surface area contributed by atoms with E-state index in [-0.39, 0.29) is 17.5 Å². The first-order valence-corrected chi connectivity index (χ1v) is 16.0. The van der Waals surface area contributed by atoms with Gasteiger partial charge in [-0.25, -0.2) is 4.79 Å². The third-order valence-corrected chi connectivity index (χ3v) is 7.86. The molecule has 0 spiro atoms. The summed E-state index contributed by atoms with van der Waals surface area (Å²) in [4.78, 5) is 24.4. The molecule has 2 aromatic carbocycles. The molecule has 1 heterocycles. The Balaban J connectivity index is 1.30. The topological polar surface area (TPSA) is 65.7 Å². The summed E-state index contributed by atoms with van der Waals surface area (Å²) in [5, 5.41) is 0.895. The lowest BCUT2D eigenvalue weighted by Gasteiger charge is -2.09. The SMILES string of the molecule is CCCCCc1ccc(-c2cc3ccc(OCCCCCCCCCCCOC(=O)C(C)CC)cc3oc2=O)cc1. The van der Waals surface area contributed by atoms with Crippen molar-refractivity contribution in [1.82, 2.24) is 0 Å². The molecule has 0 N–H and O–H groups in total. The molecule has 0 amide bonds. The maximum Gasteiger partial charge on any atom is 0.344 e. The molecule has 0 saturated carbocycles. The van der Waals surface area contributed by atoms with Crippen LogP contribution < -0.4 is 10.4 Å². The Labute approximate surface area is 246 Å². The summed E-state index contributed by atoms with van der Waals surface area (Å²) in [5.41, 5.74) is 3.02. The third-order valence-electron chi connectivity index (χ3n) is 7.86. The van der Waals surface area contributed by atoms with Crippen LogP contribution in [-0.2, 0) is 16.0 Å². The van der Waals surface area contributed by atoms with Gasteiger partial charge in [-0.1, -0.05) is 103 Å². The fourth-order valence-electron chi connectivity index (χ4n) is 4.93. The molecule has 0 aliphatic rings. The van der Waals surface area contributed by atoms with E-state index in [1.54, 1.807) is 0 Å². The molecule has 0 radical (unpaired) electrons. The van der Waals surface area contributed by atoms with Crippen molar-refractivity contribution in [3.05, 3.63) is 64.5 Å². The van der Waals surface area contributed by atoms with Gasteiger partial charge in [0.25, 0.3) is 0 Å². The van der Waals surface area contributed by atoms with Gasteiger partial charge in [0.15, 0.2) is 0 Å². The van der Waals surface area contributed by atoms with Crippen LogP contribution in [-0.4, -0.2) is 19.2 Å². The van der Waals surface area contributed by atoms with E-state index in [1.165, 1.54) is 56.9 Å². The van der Waals surface area contributed by atoms with E-state index in [0.717, 1.165) is 55.2 Å². The Morgan fingerprint density at radius 2 is 1.44 bits per heavy atom. The molecule has 3 rings (SSSR count). The van der Waals surface area contributed by atoms with Gasteiger partial charge in [0.1, 0.15) is 11.3 Å². The second-order valence-corrected chi connectivity index (χ2v) is 11.3. The van der Waals surface area contributed by atoms with E-state index in [1.807, 2.05) is 50.2 Å². The van der Waals surface area contributed by atoms with Crippen LogP contribution in [0.15, 0.2) is 57.7 Å². The Kier molecular flexibility index (Phi) is 14.5. The molecule has 0 aliphatic heterocycles. The molecule has 1 aromatic heterocycles. The van der Waals surface area contributed by atoms with E-state index in [2.05, 4.69) is 19.1 Å². The summed E-state index contributed by atoms with van der Waals surface area (Å²) < 4.78 is 16.9. The highest BCUT2D eigenvalue weighted by atomic mass is 16.5. The van der Waals surface area contributed by atoms with Crippen molar-refractivity contribution in [3.8, 4) is 16.9 Å². The van der Waals surface area contributed by atoms with Crippen LogP contribution >= 0.6 is 0 Å². The average Bonchev–Trinajstić information content (AvgIpc) is 2.99. The fraction of sp³-hybridized carbons (Fsp3) is 0.556. The maximum atomic E-state index is 12.7. The Morgan fingerprint density at radius 3 is 2.10 bits per heavy atom. The molecule has 1 atom stereocenters. The minimum Gasteiger partial charge on any atom is -0.493 e. The molecule has 3 aromatic rings. The molecule has 1 unspecified atom stereocenters. The molecular formula is C36H50O5. The summed E-state index contributed by atoms with van der Waals surface area (Å²) in [6, 6.07) is 15.9.